The van der Waals surface area contributed by atoms with Gasteiger partial charge in [0.1, 0.15) is 0 Å². The number of nitrogens with zero attached hydrogens (tertiary/aromatic N) is 4. The number of rotatable bonds is 9. The highest BCUT2D eigenvalue weighted by Gasteiger charge is 2.37. The minimum atomic E-state index is -3.51. The van der Waals surface area contributed by atoms with E-state index in [1.807, 2.05) is 19.1 Å². The molecule has 0 bridgehead atoms. The number of sulfonamides is 1. The number of hydrogen-bond acceptors (Lipinski definition) is 8. The Hall–Kier alpha value is -3.60. The first-order chi connectivity index (χ1) is 16.6. The van der Waals surface area contributed by atoms with E-state index < -0.39 is 20.7 Å². The van der Waals surface area contributed by atoms with E-state index in [-0.39, 0.29) is 11.9 Å². The van der Waals surface area contributed by atoms with Gasteiger partial charge in [-0.2, -0.15) is 0 Å². The molecule has 2 heterocycles. The van der Waals surface area contributed by atoms with Crippen LogP contribution >= 0.6 is 0 Å². The summed E-state index contributed by atoms with van der Waals surface area (Å²) in [5, 5.41) is 2.51. The summed E-state index contributed by atoms with van der Waals surface area (Å²) < 4.78 is 32.5. The molecule has 1 amide bonds. The monoisotopic (exact) mass is 496 g/mol. The third-order valence-corrected chi connectivity index (χ3v) is 7.42. The smallest absolute Gasteiger partial charge is 0.237 e. The fraction of sp³-hybridized carbons (Fsp3) is 0.375. The summed E-state index contributed by atoms with van der Waals surface area (Å²) in [6, 6.07) is 8.91. The Morgan fingerprint density at radius 2 is 1.83 bits per heavy atom. The summed E-state index contributed by atoms with van der Waals surface area (Å²) in [6.45, 7) is 7.57. The maximum absolute atomic E-state index is 13.2. The number of anilines is 2. The van der Waals surface area contributed by atoms with Crippen LogP contribution in [0.2, 0.25) is 0 Å². The zero-order valence-electron chi connectivity index (χ0n) is 20.1. The largest absolute Gasteiger partial charge is 0.477 e. The lowest BCUT2D eigenvalue weighted by Gasteiger charge is -2.24. The lowest BCUT2D eigenvalue weighted by atomic mass is 9.87. The molecule has 1 fully saturated rings. The third-order valence-electron chi connectivity index (χ3n) is 5.60. The van der Waals surface area contributed by atoms with Crippen LogP contribution < -0.4 is 14.8 Å². The number of aryl methyl sites for hydroxylation is 1. The highest BCUT2D eigenvalue weighted by molar-refractivity contribution is 7.93. The van der Waals surface area contributed by atoms with E-state index in [0.717, 1.165) is 5.56 Å². The molecule has 0 atom stereocenters. The third kappa shape index (κ3) is 5.73. The maximum atomic E-state index is 13.2. The minimum absolute atomic E-state index is 0.0208. The van der Waals surface area contributed by atoms with E-state index in [1.165, 1.54) is 0 Å². The highest BCUT2D eigenvalue weighted by atomic mass is 32.2. The van der Waals surface area contributed by atoms with Crippen molar-refractivity contribution in [3.63, 3.8) is 0 Å². The molecule has 10 nitrogen and oxygen atoms in total. The van der Waals surface area contributed by atoms with Gasteiger partial charge in [0.15, 0.2) is 0 Å². The number of amides is 1. The number of nitrogens with one attached hydrogen (secondary N) is 2. The highest BCUT2D eigenvalue weighted by Crippen LogP contribution is 2.30. The first-order valence-corrected chi connectivity index (χ1v) is 12.9. The second-order valence-electron chi connectivity index (χ2n) is 8.90. The molecule has 0 aliphatic heterocycles. The van der Waals surface area contributed by atoms with E-state index >= 15 is 0 Å². The molecule has 184 valence electrons. The molecular formula is C24H28N6O4S. The van der Waals surface area contributed by atoms with Crippen LogP contribution in [-0.2, 0) is 20.2 Å². The van der Waals surface area contributed by atoms with Gasteiger partial charge in [0, 0.05) is 16.9 Å². The van der Waals surface area contributed by atoms with Gasteiger partial charge in [0.05, 0.1) is 41.1 Å². The number of benzene rings is 1. The van der Waals surface area contributed by atoms with Crippen molar-refractivity contribution in [1.29, 1.82) is 0 Å². The molecule has 2 aromatic heterocycles. The number of aromatic nitrogens is 4. The molecule has 3 aromatic rings. The lowest BCUT2D eigenvalue weighted by Crippen LogP contribution is -2.36. The van der Waals surface area contributed by atoms with Crippen LogP contribution in [0.25, 0.3) is 11.3 Å². The van der Waals surface area contributed by atoms with Crippen molar-refractivity contribution in [1.82, 2.24) is 19.9 Å². The molecule has 0 radical (unpaired) electrons. The van der Waals surface area contributed by atoms with Crippen molar-refractivity contribution < 1.29 is 17.9 Å². The summed E-state index contributed by atoms with van der Waals surface area (Å²) in [7, 11) is -3.51. The summed E-state index contributed by atoms with van der Waals surface area (Å²) >= 11 is 0. The fourth-order valence-corrected chi connectivity index (χ4v) is 4.62. The summed E-state index contributed by atoms with van der Waals surface area (Å²) in [6.07, 6.45) is 4.46. The van der Waals surface area contributed by atoms with Crippen LogP contribution in [0, 0.1) is 6.92 Å². The number of carbonyl (C=O) groups is 1. The predicted molar refractivity (Wildman–Crippen MR) is 133 cm³/mol. The van der Waals surface area contributed by atoms with Crippen molar-refractivity contribution >= 4 is 27.6 Å². The first kappa shape index (κ1) is 24.5. The maximum Gasteiger partial charge on any atom is 0.237 e. The minimum Gasteiger partial charge on any atom is -0.477 e. The van der Waals surface area contributed by atoms with Gasteiger partial charge in [-0.1, -0.05) is 12.1 Å². The van der Waals surface area contributed by atoms with Crippen LogP contribution in [0.3, 0.4) is 0 Å². The molecular weight excluding hydrogens is 468 g/mol. The van der Waals surface area contributed by atoms with Crippen LogP contribution in [0.1, 0.15) is 45.0 Å². The Kier molecular flexibility index (Phi) is 6.70. The lowest BCUT2D eigenvalue weighted by molar-refractivity contribution is -0.120. The van der Waals surface area contributed by atoms with E-state index in [0.29, 0.717) is 48.1 Å². The molecule has 2 N–H and O–H groups in total. The van der Waals surface area contributed by atoms with Crippen molar-refractivity contribution in [3.8, 4) is 17.1 Å². The zero-order chi connectivity index (χ0) is 25.2. The normalized spacial score (nSPS) is 13.8. The second-order valence-corrected chi connectivity index (χ2v) is 10.9. The Morgan fingerprint density at radius 3 is 2.49 bits per heavy atom. The molecule has 35 heavy (non-hydrogen) atoms. The fourth-order valence-electron chi connectivity index (χ4n) is 3.36. The van der Waals surface area contributed by atoms with Gasteiger partial charge in [0.2, 0.25) is 27.8 Å². The van der Waals surface area contributed by atoms with Crippen molar-refractivity contribution in [2.24, 2.45) is 0 Å². The topological polar surface area (TPSA) is 136 Å². The molecule has 11 heteroatoms. The van der Waals surface area contributed by atoms with Gasteiger partial charge in [-0.25, -0.2) is 23.4 Å². The molecule has 1 aromatic carbocycles. The van der Waals surface area contributed by atoms with Crippen LogP contribution in [0.5, 0.6) is 5.88 Å². The average molecular weight is 497 g/mol. The predicted octanol–water partition coefficient (Wildman–Crippen LogP) is 3.46. The van der Waals surface area contributed by atoms with Crippen molar-refractivity contribution in [3.05, 3.63) is 54.1 Å². The van der Waals surface area contributed by atoms with E-state index in [1.54, 1.807) is 51.4 Å². The molecule has 4 rings (SSSR count). The molecule has 1 saturated carbocycles. The number of hydrogen-bond donors (Lipinski definition) is 2. The Labute approximate surface area is 204 Å². The zero-order valence-corrected chi connectivity index (χ0v) is 20.9. The van der Waals surface area contributed by atoms with Gasteiger partial charge in [-0.3, -0.25) is 14.5 Å². The van der Waals surface area contributed by atoms with Crippen molar-refractivity contribution in [2.75, 3.05) is 16.6 Å². The average Bonchev–Trinajstić information content (AvgIpc) is 3.66. The van der Waals surface area contributed by atoms with E-state index in [9.17, 15) is 13.2 Å². The SMILES string of the molecule is CCOc1cncc(-c2ccc(NC(=O)C(C)(C)c3cc(C)nc(NS(=O)(=O)C4CC4)n3)cc2)n1. The van der Waals surface area contributed by atoms with Gasteiger partial charge in [-0.15, -0.1) is 0 Å². The molecule has 0 spiro atoms. The molecule has 0 unspecified atom stereocenters. The van der Waals surface area contributed by atoms with Crippen LogP contribution in [0.15, 0.2) is 42.7 Å². The van der Waals surface area contributed by atoms with Crippen molar-refractivity contribution in [2.45, 2.75) is 51.2 Å². The molecule has 0 saturated heterocycles. The Bertz CT molecular complexity index is 1340. The molecule has 1 aliphatic carbocycles. The van der Waals surface area contributed by atoms with E-state index in [4.69, 9.17) is 4.74 Å². The molecule has 1 aliphatic rings. The Morgan fingerprint density at radius 1 is 1.11 bits per heavy atom. The van der Waals surface area contributed by atoms with Gasteiger partial charge < -0.3 is 10.1 Å². The van der Waals surface area contributed by atoms with Gasteiger partial charge >= 0.3 is 0 Å². The number of ether oxygens (including phenoxy) is 1. The first-order valence-electron chi connectivity index (χ1n) is 11.3. The summed E-state index contributed by atoms with van der Waals surface area (Å²) in [5.41, 5.74) is 2.01. The number of carbonyl (C=O) groups excluding carboxylic acids is 1. The van der Waals surface area contributed by atoms with Gasteiger partial charge in [0.25, 0.3) is 0 Å². The standard InChI is InChI=1S/C24H28N6O4S/c1-5-34-21-14-25-13-19(28-21)16-6-8-17(9-7-16)27-22(31)24(3,4)20-12-15(2)26-23(29-20)30-35(32,33)18-10-11-18/h6-9,12-14,18H,5,10-11H2,1-4H3,(H,27,31)(H,26,29,30). The quantitative estimate of drug-likeness (QED) is 0.460. The Balaban J connectivity index is 1.50. The van der Waals surface area contributed by atoms with Crippen LogP contribution in [0.4, 0.5) is 11.6 Å². The van der Waals surface area contributed by atoms with E-state index in [2.05, 4.69) is 30.0 Å². The summed E-state index contributed by atoms with van der Waals surface area (Å²) in [5.74, 6) is 0.132. The second kappa shape index (κ2) is 9.57. The van der Waals surface area contributed by atoms with Crippen LogP contribution in [-0.4, -0.2) is 46.1 Å². The van der Waals surface area contributed by atoms with Gasteiger partial charge in [-0.05, 0) is 58.7 Å². The summed E-state index contributed by atoms with van der Waals surface area (Å²) in [4.78, 5) is 30.3.